The van der Waals surface area contributed by atoms with Crippen LogP contribution in [0.5, 0.6) is 5.75 Å². The number of ketones is 1. The normalized spacial score (nSPS) is 23.4. The van der Waals surface area contributed by atoms with Gasteiger partial charge in [0.15, 0.2) is 0 Å². The van der Waals surface area contributed by atoms with Crippen molar-refractivity contribution in [2.45, 2.75) is 31.9 Å². The summed E-state index contributed by atoms with van der Waals surface area (Å²) in [5.41, 5.74) is 0.951. The molecule has 3 heterocycles. The summed E-state index contributed by atoms with van der Waals surface area (Å²) < 4.78 is 16.6. The van der Waals surface area contributed by atoms with Crippen LogP contribution < -0.4 is 4.74 Å². The van der Waals surface area contributed by atoms with Crippen molar-refractivity contribution in [1.82, 2.24) is 4.90 Å². The molecule has 0 aliphatic carbocycles. The van der Waals surface area contributed by atoms with E-state index in [2.05, 4.69) is 0 Å². The van der Waals surface area contributed by atoms with Crippen LogP contribution in [0.25, 0.3) is 5.76 Å². The van der Waals surface area contributed by atoms with E-state index < -0.39 is 17.7 Å². The van der Waals surface area contributed by atoms with Gasteiger partial charge in [0.2, 0.25) is 0 Å². The third kappa shape index (κ3) is 3.48. The first-order valence-electron chi connectivity index (χ1n) is 9.70. The van der Waals surface area contributed by atoms with Gasteiger partial charge in [-0.25, -0.2) is 0 Å². The van der Waals surface area contributed by atoms with Gasteiger partial charge >= 0.3 is 0 Å². The number of furan rings is 1. The minimum atomic E-state index is -0.867. The van der Waals surface area contributed by atoms with Crippen molar-refractivity contribution in [1.29, 1.82) is 0 Å². The van der Waals surface area contributed by atoms with Crippen LogP contribution in [0.15, 0.2) is 40.5 Å². The van der Waals surface area contributed by atoms with E-state index in [0.717, 1.165) is 18.4 Å². The predicted octanol–water partition coefficient (Wildman–Crippen LogP) is 3.85. The Balaban J connectivity index is 1.86. The molecular weight excluding hydrogens is 410 g/mol. The van der Waals surface area contributed by atoms with Crippen molar-refractivity contribution in [2.75, 3.05) is 20.3 Å². The predicted molar refractivity (Wildman–Crippen MR) is 109 cm³/mol. The van der Waals surface area contributed by atoms with Crippen molar-refractivity contribution in [3.8, 4) is 5.75 Å². The summed E-state index contributed by atoms with van der Waals surface area (Å²) in [6, 6.07) is 5.83. The second-order valence-corrected chi connectivity index (χ2v) is 7.84. The van der Waals surface area contributed by atoms with Crippen LogP contribution in [0, 0.1) is 6.92 Å². The summed E-state index contributed by atoms with van der Waals surface area (Å²) in [5.74, 6) is -1.24. The number of hydrogen-bond acceptors (Lipinski definition) is 6. The van der Waals surface area contributed by atoms with Gasteiger partial charge in [-0.15, -0.1) is 0 Å². The van der Waals surface area contributed by atoms with E-state index in [9.17, 15) is 14.7 Å². The molecule has 0 spiro atoms. The van der Waals surface area contributed by atoms with Crippen molar-refractivity contribution in [3.63, 3.8) is 0 Å². The molecule has 2 atom stereocenters. The molecule has 2 saturated heterocycles. The highest BCUT2D eigenvalue weighted by Gasteiger charge is 2.48. The molecule has 0 radical (unpaired) electrons. The highest BCUT2D eigenvalue weighted by molar-refractivity contribution is 6.46. The lowest BCUT2D eigenvalue weighted by Gasteiger charge is -2.25. The Morgan fingerprint density at radius 3 is 2.80 bits per heavy atom. The number of methoxy groups -OCH3 is 1. The summed E-state index contributed by atoms with van der Waals surface area (Å²) >= 11 is 6.27. The highest BCUT2D eigenvalue weighted by Crippen LogP contribution is 2.43. The Morgan fingerprint density at radius 2 is 2.17 bits per heavy atom. The second-order valence-electron chi connectivity index (χ2n) is 7.43. The summed E-state index contributed by atoms with van der Waals surface area (Å²) in [7, 11) is 1.42. The van der Waals surface area contributed by atoms with Gasteiger partial charge in [-0.05, 0) is 49.6 Å². The molecule has 8 heteroatoms. The fraction of sp³-hybridized carbons (Fsp3) is 0.364. The second kappa shape index (κ2) is 8.16. The number of rotatable bonds is 5. The number of aliphatic hydroxyl groups excluding tert-OH is 1. The number of aryl methyl sites for hydroxylation is 1. The maximum Gasteiger partial charge on any atom is 0.295 e. The summed E-state index contributed by atoms with van der Waals surface area (Å²) in [5, 5.41) is 11.5. The van der Waals surface area contributed by atoms with Crippen LogP contribution >= 0.6 is 11.6 Å². The zero-order chi connectivity index (χ0) is 21.4. The van der Waals surface area contributed by atoms with Crippen LogP contribution in [0.4, 0.5) is 0 Å². The first kappa shape index (κ1) is 20.5. The van der Waals surface area contributed by atoms with E-state index in [1.165, 1.54) is 18.3 Å². The molecule has 4 rings (SSSR count). The van der Waals surface area contributed by atoms with Crippen LogP contribution in [-0.2, 0) is 14.3 Å². The zero-order valence-corrected chi connectivity index (χ0v) is 17.4. The van der Waals surface area contributed by atoms with Crippen LogP contribution in [0.3, 0.4) is 0 Å². The van der Waals surface area contributed by atoms with E-state index >= 15 is 0 Å². The number of carbonyl (C=O) groups is 2. The molecule has 2 aliphatic heterocycles. The summed E-state index contributed by atoms with van der Waals surface area (Å²) in [4.78, 5) is 27.3. The van der Waals surface area contributed by atoms with Gasteiger partial charge in [-0.1, -0.05) is 11.6 Å². The number of benzene rings is 1. The van der Waals surface area contributed by atoms with Crippen molar-refractivity contribution in [3.05, 3.63) is 58.0 Å². The molecule has 2 fully saturated rings. The molecule has 2 unspecified atom stereocenters. The number of aliphatic hydroxyl groups is 1. The van der Waals surface area contributed by atoms with E-state index in [1.54, 1.807) is 24.3 Å². The number of halogens is 1. The molecule has 1 aromatic heterocycles. The summed E-state index contributed by atoms with van der Waals surface area (Å²) in [6.45, 7) is 2.67. The van der Waals surface area contributed by atoms with Gasteiger partial charge in [-0.3, -0.25) is 9.59 Å². The SMILES string of the molecule is COc1c(Cl)cc(C)cc1/C(O)=C1/C(=O)C(=O)N(CC2CCCO2)C1c1ccco1. The monoisotopic (exact) mass is 431 g/mol. The third-order valence-corrected chi connectivity index (χ3v) is 5.70. The number of likely N-dealkylation sites (tertiary alicyclic amines) is 1. The minimum Gasteiger partial charge on any atom is -0.507 e. The first-order chi connectivity index (χ1) is 14.4. The van der Waals surface area contributed by atoms with E-state index in [4.69, 9.17) is 25.5 Å². The summed E-state index contributed by atoms with van der Waals surface area (Å²) in [6.07, 6.45) is 3.00. The van der Waals surface area contributed by atoms with Gasteiger partial charge in [0.25, 0.3) is 11.7 Å². The molecule has 2 aliphatic rings. The Kier molecular flexibility index (Phi) is 5.58. The lowest BCUT2D eigenvalue weighted by molar-refractivity contribution is -0.141. The van der Waals surface area contributed by atoms with Crippen LogP contribution in [0.2, 0.25) is 5.02 Å². The largest absolute Gasteiger partial charge is 0.507 e. The van der Waals surface area contributed by atoms with Crippen molar-refractivity contribution >= 4 is 29.1 Å². The molecule has 30 heavy (non-hydrogen) atoms. The molecule has 0 bridgehead atoms. The number of Topliss-reactive ketones (excluding diaryl/α,β-unsaturated/α-hetero) is 1. The van der Waals surface area contributed by atoms with E-state index in [0.29, 0.717) is 17.4 Å². The molecule has 1 aromatic carbocycles. The quantitative estimate of drug-likeness (QED) is 0.439. The Hall–Kier alpha value is -2.77. The number of ether oxygens (including phenoxy) is 2. The third-order valence-electron chi connectivity index (χ3n) is 5.42. The number of nitrogens with zero attached hydrogens (tertiary/aromatic N) is 1. The number of hydrogen-bond donors (Lipinski definition) is 1. The lowest BCUT2D eigenvalue weighted by Crippen LogP contribution is -2.36. The van der Waals surface area contributed by atoms with Gasteiger partial charge in [0.05, 0.1) is 35.6 Å². The van der Waals surface area contributed by atoms with E-state index in [-0.39, 0.29) is 35.3 Å². The molecular formula is C22H22ClNO6. The number of carbonyl (C=O) groups excluding carboxylic acids is 2. The van der Waals surface area contributed by atoms with Gasteiger partial charge in [0.1, 0.15) is 23.3 Å². The topological polar surface area (TPSA) is 89.2 Å². The average Bonchev–Trinajstić information content (AvgIpc) is 3.46. The zero-order valence-electron chi connectivity index (χ0n) is 16.7. The highest BCUT2D eigenvalue weighted by atomic mass is 35.5. The average molecular weight is 432 g/mol. The molecule has 7 nitrogen and oxygen atoms in total. The molecule has 158 valence electrons. The van der Waals surface area contributed by atoms with Crippen molar-refractivity contribution in [2.24, 2.45) is 0 Å². The van der Waals surface area contributed by atoms with Crippen LogP contribution in [0.1, 0.15) is 35.8 Å². The molecule has 1 N–H and O–H groups in total. The Bertz CT molecular complexity index is 1010. The first-order valence-corrected chi connectivity index (χ1v) is 10.1. The fourth-order valence-corrected chi connectivity index (χ4v) is 4.43. The van der Waals surface area contributed by atoms with E-state index in [1.807, 2.05) is 6.92 Å². The maximum absolute atomic E-state index is 13.0. The Morgan fingerprint density at radius 1 is 1.37 bits per heavy atom. The standard InChI is InChI=1S/C22H22ClNO6/c1-12-9-14(21(28-2)15(23)10-12)19(25)17-18(16-6-4-8-30-16)24(22(27)20(17)26)11-13-5-3-7-29-13/h4,6,8-10,13,18,25H,3,5,7,11H2,1-2H3/b19-17-. The smallest absolute Gasteiger partial charge is 0.295 e. The molecule has 2 aromatic rings. The van der Waals surface area contributed by atoms with Crippen molar-refractivity contribution < 1.29 is 28.6 Å². The Labute approximate surface area is 178 Å². The van der Waals surface area contributed by atoms with Gasteiger partial charge in [0, 0.05) is 13.2 Å². The fourth-order valence-electron chi connectivity index (χ4n) is 4.08. The molecule has 1 amide bonds. The molecule has 0 saturated carbocycles. The number of amides is 1. The lowest BCUT2D eigenvalue weighted by atomic mass is 9.97. The van der Waals surface area contributed by atoms with Gasteiger partial charge in [-0.2, -0.15) is 0 Å². The minimum absolute atomic E-state index is 0.0621. The van der Waals surface area contributed by atoms with Crippen LogP contribution in [-0.4, -0.2) is 48.1 Å². The maximum atomic E-state index is 13.0. The van der Waals surface area contributed by atoms with Gasteiger partial charge < -0.3 is 23.9 Å².